The smallest absolute Gasteiger partial charge is 0.330 e. The molecule has 1 aromatic heterocycles. The SMILES string of the molecule is COc1cc(CN(C[C@H]2CC[C@H](C(=O)O)CC2)[C@@H](C)c2ccc(Cl)cc2)ccc1OCCn1c(=O)ccn(C)c1=O. The number of carboxylic acid groups (broad SMARTS) is 1. The van der Waals surface area contributed by atoms with Gasteiger partial charge in [0, 0.05) is 43.5 Å². The number of nitrogens with zero attached hydrogens (tertiary/aromatic N) is 3. The summed E-state index contributed by atoms with van der Waals surface area (Å²) in [4.78, 5) is 38.2. The Morgan fingerprint density at radius 3 is 2.44 bits per heavy atom. The lowest BCUT2D eigenvalue weighted by Crippen LogP contribution is -2.39. The average molecular weight is 584 g/mol. The largest absolute Gasteiger partial charge is 0.493 e. The number of hydrogen-bond donors (Lipinski definition) is 1. The number of ether oxygens (including phenoxy) is 2. The summed E-state index contributed by atoms with van der Waals surface area (Å²) in [5.41, 5.74) is 1.44. The number of methoxy groups -OCH3 is 1. The van der Waals surface area contributed by atoms with Crippen molar-refractivity contribution in [2.75, 3.05) is 20.3 Å². The molecule has 1 atom stereocenters. The van der Waals surface area contributed by atoms with Gasteiger partial charge in [0.05, 0.1) is 19.6 Å². The van der Waals surface area contributed by atoms with E-state index >= 15 is 0 Å². The number of halogens is 1. The number of aliphatic carboxylic acids is 1. The molecule has 9 nitrogen and oxygen atoms in total. The average Bonchev–Trinajstić information content (AvgIpc) is 2.97. The number of hydrogen-bond acceptors (Lipinski definition) is 6. The van der Waals surface area contributed by atoms with Gasteiger partial charge in [-0.25, -0.2) is 4.79 Å². The maximum Gasteiger partial charge on any atom is 0.330 e. The first kappa shape index (κ1) is 30.4. The minimum Gasteiger partial charge on any atom is -0.493 e. The van der Waals surface area contributed by atoms with Crippen LogP contribution < -0.4 is 20.7 Å². The van der Waals surface area contributed by atoms with E-state index in [1.165, 1.54) is 16.8 Å². The summed E-state index contributed by atoms with van der Waals surface area (Å²) in [6.07, 6.45) is 4.66. The lowest BCUT2D eigenvalue weighted by Gasteiger charge is -2.35. The summed E-state index contributed by atoms with van der Waals surface area (Å²) in [7, 11) is 3.18. The highest BCUT2D eigenvalue weighted by Crippen LogP contribution is 2.34. The van der Waals surface area contributed by atoms with Crippen molar-refractivity contribution in [2.45, 2.75) is 51.7 Å². The van der Waals surface area contributed by atoms with Gasteiger partial charge in [0.1, 0.15) is 6.61 Å². The quantitative estimate of drug-likeness (QED) is 0.328. The summed E-state index contributed by atoms with van der Waals surface area (Å²) in [6, 6.07) is 15.2. The van der Waals surface area contributed by atoms with Gasteiger partial charge in [-0.2, -0.15) is 0 Å². The van der Waals surface area contributed by atoms with Crippen LogP contribution in [0.4, 0.5) is 0 Å². The molecular weight excluding hydrogens is 546 g/mol. The van der Waals surface area contributed by atoms with Crippen LogP contribution in [0.3, 0.4) is 0 Å². The van der Waals surface area contributed by atoms with E-state index in [0.717, 1.165) is 35.1 Å². The van der Waals surface area contributed by atoms with Crippen LogP contribution in [0.25, 0.3) is 0 Å². The zero-order valence-electron chi connectivity index (χ0n) is 23.8. The molecule has 4 rings (SSSR count). The van der Waals surface area contributed by atoms with Crippen LogP contribution in [0.5, 0.6) is 11.5 Å². The highest BCUT2D eigenvalue weighted by molar-refractivity contribution is 6.30. The molecule has 1 aliphatic carbocycles. The molecule has 10 heteroatoms. The Bertz CT molecular complexity index is 1440. The molecule has 1 aliphatic rings. The van der Waals surface area contributed by atoms with E-state index in [9.17, 15) is 19.5 Å². The Morgan fingerprint density at radius 2 is 1.78 bits per heavy atom. The van der Waals surface area contributed by atoms with Gasteiger partial charge in [0.2, 0.25) is 0 Å². The standard InChI is InChI=1S/C31H38ClN3O6/c1-21(24-9-11-26(32)12-10-24)34(19-22-4-7-25(8-5-22)30(37)38)20-23-6-13-27(28(18-23)40-3)41-17-16-35-29(36)14-15-33(2)31(35)39/h6,9-15,18,21-22,25H,4-5,7-8,16-17,19-20H2,1-3H3,(H,37,38)/t21-,22-,25-/m0/s1. The number of aromatic nitrogens is 2. The van der Waals surface area contributed by atoms with Gasteiger partial charge in [-0.3, -0.25) is 19.1 Å². The van der Waals surface area contributed by atoms with Crippen LogP contribution in [-0.4, -0.2) is 45.4 Å². The van der Waals surface area contributed by atoms with Gasteiger partial charge >= 0.3 is 11.7 Å². The second-order valence-electron chi connectivity index (χ2n) is 10.7. The molecule has 0 saturated heterocycles. The monoisotopic (exact) mass is 583 g/mol. The van der Waals surface area contributed by atoms with Crippen molar-refractivity contribution >= 4 is 17.6 Å². The van der Waals surface area contributed by atoms with E-state index in [0.29, 0.717) is 41.8 Å². The lowest BCUT2D eigenvalue weighted by atomic mass is 9.81. The van der Waals surface area contributed by atoms with Crippen LogP contribution in [0, 0.1) is 11.8 Å². The minimum absolute atomic E-state index is 0.109. The first-order valence-corrected chi connectivity index (χ1v) is 14.3. The van der Waals surface area contributed by atoms with Crippen LogP contribution in [0.15, 0.2) is 64.3 Å². The number of carbonyl (C=O) groups is 1. The van der Waals surface area contributed by atoms with Crippen LogP contribution in [0.2, 0.25) is 5.02 Å². The third-order valence-corrected chi connectivity index (χ3v) is 8.27. The molecule has 0 radical (unpaired) electrons. The summed E-state index contributed by atoms with van der Waals surface area (Å²) >= 11 is 6.14. The number of carboxylic acids is 1. The van der Waals surface area contributed by atoms with Crippen molar-refractivity contribution in [1.29, 1.82) is 0 Å². The van der Waals surface area contributed by atoms with Gasteiger partial charge in [-0.15, -0.1) is 0 Å². The minimum atomic E-state index is -0.692. The Morgan fingerprint density at radius 1 is 1.07 bits per heavy atom. The lowest BCUT2D eigenvalue weighted by molar-refractivity contribution is -0.143. The molecule has 0 spiro atoms. The maximum atomic E-state index is 12.3. The number of benzene rings is 2. The summed E-state index contributed by atoms with van der Waals surface area (Å²) in [5.74, 6) is 0.577. The predicted octanol–water partition coefficient (Wildman–Crippen LogP) is 4.74. The third kappa shape index (κ3) is 7.80. The van der Waals surface area contributed by atoms with E-state index in [4.69, 9.17) is 21.1 Å². The molecule has 220 valence electrons. The molecule has 0 bridgehead atoms. The van der Waals surface area contributed by atoms with Crippen molar-refractivity contribution in [3.8, 4) is 11.5 Å². The molecule has 0 aliphatic heterocycles. The zero-order chi connectivity index (χ0) is 29.5. The molecule has 1 heterocycles. The Labute approximate surface area is 244 Å². The van der Waals surface area contributed by atoms with Crippen molar-refractivity contribution in [2.24, 2.45) is 18.9 Å². The molecule has 1 saturated carbocycles. The van der Waals surface area contributed by atoms with E-state index in [2.05, 4.69) is 11.8 Å². The second kappa shape index (κ2) is 13.9. The third-order valence-electron chi connectivity index (χ3n) is 8.01. The van der Waals surface area contributed by atoms with Crippen molar-refractivity contribution < 1.29 is 19.4 Å². The van der Waals surface area contributed by atoms with Crippen LogP contribution in [0.1, 0.15) is 49.8 Å². The first-order valence-electron chi connectivity index (χ1n) is 13.9. The highest BCUT2D eigenvalue weighted by atomic mass is 35.5. The molecule has 41 heavy (non-hydrogen) atoms. The van der Waals surface area contributed by atoms with Crippen molar-refractivity contribution in [3.63, 3.8) is 0 Å². The van der Waals surface area contributed by atoms with Gasteiger partial charge in [0.25, 0.3) is 5.56 Å². The maximum absolute atomic E-state index is 12.3. The molecule has 1 N–H and O–H groups in total. The van der Waals surface area contributed by atoms with Gasteiger partial charge < -0.3 is 19.1 Å². The molecule has 3 aromatic rings. The summed E-state index contributed by atoms with van der Waals surface area (Å²) in [6.45, 7) is 3.93. The van der Waals surface area contributed by atoms with E-state index in [1.54, 1.807) is 14.2 Å². The fourth-order valence-corrected chi connectivity index (χ4v) is 5.59. The second-order valence-corrected chi connectivity index (χ2v) is 11.2. The van der Waals surface area contributed by atoms with Crippen molar-refractivity contribution in [3.05, 3.63) is 91.7 Å². The number of aryl methyl sites for hydroxylation is 1. The normalized spacial score (nSPS) is 17.8. The Balaban J connectivity index is 1.48. The van der Waals surface area contributed by atoms with E-state index < -0.39 is 11.7 Å². The van der Waals surface area contributed by atoms with E-state index in [1.807, 2.05) is 42.5 Å². The fourth-order valence-electron chi connectivity index (χ4n) is 5.47. The molecule has 2 aromatic carbocycles. The van der Waals surface area contributed by atoms with Crippen LogP contribution >= 0.6 is 11.6 Å². The molecular formula is C31H38ClN3O6. The molecule has 1 fully saturated rings. The predicted molar refractivity (Wildman–Crippen MR) is 158 cm³/mol. The Kier molecular flexibility index (Phi) is 10.3. The Hall–Kier alpha value is -3.56. The molecule has 0 amide bonds. The van der Waals surface area contributed by atoms with Crippen molar-refractivity contribution in [1.82, 2.24) is 14.0 Å². The van der Waals surface area contributed by atoms with E-state index in [-0.39, 0.29) is 30.7 Å². The number of rotatable bonds is 12. The van der Waals surface area contributed by atoms with Crippen LogP contribution in [-0.2, 0) is 24.9 Å². The van der Waals surface area contributed by atoms with Gasteiger partial charge in [-0.1, -0.05) is 29.8 Å². The highest BCUT2D eigenvalue weighted by Gasteiger charge is 2.28. The molecule has 0 unspecified atom stereocenters. The topological polar surface area (TPSA) is 103 Å². The van der Waals surface area contributed by atoms with Gasteiger partial charge in [0.15, 0.2) is 11.5 Å². The summed E-state index contributed by atoms with van der Waals surface area (Å²) in [5, 5.41) is 10.1. The zero-order valence-corrected chi connectivity index (χ0v) is 24.5. The summed E-state index contributed by atoms with van der Waals surface area (Å²) < 4.78 is 14.0. The van der Waals surface area contributed by atoms with Gasteiger partial charge in [-0.05, 0) is 73.9 Å². The first-order chi connectivity index (χ1) is 19.7. The fraction of sp³-hybridized carbons (Fsp3) is 0.452.